The van der Waals surface area contributed by atoms with Gasteiger partial charge in [-0.15, -0.1) is 11.6 Å². The standard InChI is InChI=1S/C7H11ClN2O/c1-10(7(11)5-8)6-3-2-4-9-6/h2-5H2,1H3. The molecule has 1 rings (SSSR count). The molecule has 0 aliphatic carbocycles. The number of nitrogens with zero attached hydrogens (tertiary/aromatic N) is 2. The largest absolute Gasteiger partial charge is 0.303 e. The molecule has 0 atom stereocenters. The Morgan fingerprint density at radius 3 is 3.00 bits per heavy atom. The van der Waals surface area contributed by atoms with Crippen molar-refractivity contribution in [3.8, 4) is 0 Å². The summed E-state index contributed by atoms with van der Waals surface area (Å²) in [5.41, 5.74) is 0. The van der Waals surface area contributed by atoms with E-state index < -0.39 is 0 Å². The van der Waals surface area contributed by atoms with Crippen LogP contribution in [0.2, 0.25) is 0 Å². The molecular formula is C7H11ClN2O. The minimum Gasteiger partial charge on any atom is -0.303 e. The van der Waals surface area contributed by atoms with Crippen LogP contribution in [-0.2, 0) is 4.79 Å². The second-order valence-electron chi connectivity index (χ2n) is 2.49. The highest BCUT2D eigenvalue weighted by atomic mass is 35.5. The fourth-order valence-corrected chi connectivity index (χ4v) is 1.21. The number of hydrogen-bond donors (Lipinski definition) is 0. The van der Waals surface area contributed by atoms with Crippen LogP contribution in [0, 0.1) is 0 Å². The van der Waals surface area contributed by atoms with Crippen molar-refractivity contribution in [2.45, 2.75) is 12.8 Å². The average molecular weight is 175 g/mol. The normalized spacial score (nSPS) is 16.4. The Labute approximate surface area is 71.0 Å². The molecule has 1 aliphatic rings. The van der Waals surface area contributed by atoms with Crippen LogP contribution in [0.25, 0.3) is 0 Å². The lowest BCUT2D eigenvalue weighted by atomic mass is 10.3. The Kier molecular flexibility index (Phi) is 2.88. The minimum atomic E-state index is -0.0766. The first-order valence-electron chi connectivity index (χ1n) is 3.61. The van der Waals surface area contributed by atoms with Crippen LogP contribution >= 0.6 is 11.6 Å². The van der Waals surface area contributed by atoms with Gasteiger partial charge in [0.2, 0.25) is 5.91 Å². The maximum Gasteiger partial charge on any atom is 0.242 e. The summed E-state index contributed by atoms with van der Waals surface area (Å²) in [7, 11) is 1.72. The number of amides is 1. The summed E-state index contributed by atoms with van der Waals surface area (Å²) < 4.78 is 0. The van der Waals surface area contributed by atoms with Crippen molar-refractivity contribution in [1.82, 2.24) is 4.90 Å². The van der Waals surface area contributed by atoms with Crippen LogP contribution in [0.15, 0.2) is 4.99 Å². The second kappa shape index (κ2) is 3.72. The summed E-state index contributed by atoms with van der Waals surface area (Å²) in [5.74, 6) is 0.832. The summed E-state index contributed by atoms with van der Waals surface area (Å²) >= 11 is 5.38. The predicted molar refractivity (Wildman–Crippen MR) is 45.0 cm³/mol. The molecule has 0 fully saturated rings. The second-order valence-corrected chi connectivity index (χ2v) is 2.76. The molecule has 0 saturated carbocycles. The smallest absolute Gasteiger partial charge is 0.242 e. The van der Waals surface area contributed by atoms with Crippen molar-refractivity contribution in [3.05, 3.63) is 0 Å². The summed E-state index contributed by atoms with van der Waals surface area (Å²) in [4.78, 5) is 16.7. The fraction of sp³-hybridized carbons (Fsp3) is 0.714. The number of carbonyl (C=O) groups excluding carboxylic acids is 1. The van der Waals surface area contributed by atoms with Crippen LogP contribution in [0.4, 0.5) is 0 Å². The van der Waals surface area contributed by atoms with Gasteiger partial charge in [0.25, 0.3) is 0 Å². The third kappa shape index (κ3) is 1.93. The minimum absolute atomic E-state index is 0.0372. The Morgan fingerprint density at radius 2 is 2.55 bits per heavy atom. The number of amidine groups is 1. The van der Waals surface area contributed by atoms with E-state index in [-0.39, 0.29) is 11.8 Å². The van der Waals surface area contributed by atoms with Gasteiger partial charge in [-0.3, -0.25) is 9.79 Å². The molecular weight excluding hydrogens is 164 g/mol. The summed E-state index contributed by atoms with van der Waals surface area (Å²) in [5, 5.41) is 0. The molecule has 62 valence electrons. The van der Waals surface area contributed by atoms with Crippen LogP contribution in [0.3, 0.4) is 0 Å². The molecule has 0 aromatic rings. The van der Waals surface area contributed by atoms with Crippen LogP contribution in [0.1, 0.15) is 12.8 Å². The first-order valence-corrected chi connectivity index (χ1v) is 4.15. The molecule has 0 aromatic carbocycles. The Hall–Kier alpha value is -0.570. The van der Waals surface area contributed by atoms with Crippen molar-refractivity contribution in [3.63, 3.8) is 0 Å². The molecule has 1 heterocycles. The van der Waals surface area contributed by atoms with Gasteiger partial charge in [0.15, 0.2) is 0 Å². The molecule has 3 nitrogen and oxygen atoms in total. The highest BCUT2D eigenvalue weighted by Gasteiger charge is 2.15. The van der Waals surface area contributed by atoms with E-state index >= 15 is 0 Å². The van der Waals surface area contributed by atoms with Crippen LogP contribution in [0.5, 0.6) is 0 Å². The molecule has 0 spiro atoms. The lowest BCUT2D eigenvalue weighted by Crippen LogP contribution is -2.32. The lowest BCUT2D eigenvalue weighted by molar-refractivity contribution is -0.123. The third-order valence-electron chi connectivity index (χ3n) is 1.73. The van der Waals surface area contributed by atoms with Crippen molar-refractivity contribution < 1.29 is 4.79 Å². The average Bonchev–Trinajstić information content (AvgIpc) is 2.53. The van der Waals surface area contributed by atoms with Gasteiger partial charge in [-0.25, -0.2) is 0 Å². The zero-order chi connectivity index (χ0) is 8.27. The number of hydrogen-bond acceptors (Lipinski definition) is 2. The van der Waals surface area contributed by atoms with E-state index in [1.54, 1.807) is 11.9 Å². The molecule has 4 heteroatoms. The molecule has 1 amide bonds. The predicted octanol–water partition coefficient (Wildman–Crippen LogP) is 0.876. The summed E-state index contributed by atoms with van der Waals surface area (Å²) in [6.45, 7) is 0.842. The number of carbonyl (C=O) groups is 1. The van der Waals surface area contributed by atoms with E-state index in [0.717, 1.165) is 25.2 Å². The maximum absolute atomic E-state index is 11.0. The van der Waals surface area contributed by atoms with Crippen LogP contribution in [-0.4, -0.2) is 36.1 Å². The zero-order valence-electron chi connectivity index (χ0n) is 6.51. The van der Waals surface area contributed by atoms with E-state index in [4.69, 9.17) is 11.6 Å². The zero-order valence-corrected chi connectivity index (χ0v) is 7.26. The van der Waals surface area contributed by atoms with Gasteiger partial charge in [-0.05, 0) is 6.42 Å². The Balaban J connectivity index is 2.52. The van der Waals surface area contributed by atoms with Gasteiger partial charge >= 0.3 is 0 Å². The van der Waals surface area contributed by atoms with Gasteiger partial charge in [-0.2, -0.15) is 0 Å². The fourth-order valence-electron chi connectivity index (χ4n) is 1.03. The number of rotatable bonds is 1. The number of alkyl halides is 1. The van der Waals surface area contributed by atoms with E-state index in [0.29, 0.717) is 0 Å². The molecule has 0 saturated heterocycles. The highest BCUT2D eigenvalue weighted by molar-refractivity contribution is 6.28. The quantitative estimate of drug-likeness (QED) is 0.543. The van der Waals surface area contributed by atoms with Crippen molar-refractivity contribution in [2.75, 3.05) is 19.5 Å². The van der Waals surface area contributed by atoms with Gasteiger partial charge in [0.1, 0.15) is 11.7 Å². The van der Waals surface area contributed by atoms with E-state index in [1.165, 1.54) is 0 Å². The van der Waals surface area contributed by atoms with Crippen molar-refractivity contribution in [2.24, 2.45) is 4.99 Å². The van der Waals surface area contributed by atoms with Gasteiger partial charge < -0.3 is 4.90 Å². The summed E-state index contributed by atoms with van der Waals surface area (Å²) in [6, 6.07) is 0. The molecule has 0 N–H and O–H groups in total. The highest BCUT2D eigenvalue weighted by Crippen LogP contribution is 2.07. The third-order valence-corrected chi connectivity index (χ3v) is 1.96. The van der Waals surface area contributed by atoms with E-state index in [9.17, 15) is 4.79 Å². The molecule has 11 heavy (non-hydrogen) atoms. The molecule has 1 aliphatic heterocycles. The van der Waals surface area contributed by atoms with E-state index in [1.807, 2.05) is 0 Å². The Bertz CT molecular complexity index is 191. The monoisotopic (exact) mass is 174 g/mol. The summed E-state index contributed by atoms with van der Waals surface area (Å²) in [6.07, 6.45) is 1.95. The van der Waals surface area contributed by atoms with Gasteiger partial charge in [0.05, 0.1) is 0 Å². The number of halogens is 1. The van der Waals surface area contributed by atoms with Crippen molar-refractivity contribution in [1.29, 1.82) is 0 Å². The SMILES string of the molecule is CN(C(=O)CCl)C1=NCCC1. The first kappa shape index (κ1) is 8.53. The lowest BCUT2D eigenvalue weighted by Gasteiger charge is -2.14. The van der Waals surface area contributed by atoms with E-state index in [2.05, 4.69) is 4.99 Å². The molecule has 0 unspecified atom stereocenters. The maximum atomic E-state index is 11.0. The Morgan fingerprint density at radius 1 is 1.82 bits per heavy atom. The topological polar surface area (TPSA) is 32.7 Å². The number of aliphatic imine (C=N–C) groups is 1. The van der Waals surface area contributed by atoms with Gasteiger partial charge in [-0.1, -0.05) is 0 Å². The molecule has 0 aromatic heterocycles. The molecule has 0 radical (unpaired) electrons. The first-order chi connectivity index (χ1) is 5.25. The molecule has 0 bridgehead atoms. The van der Waals surface area contributed by atoms with Crippen LogP contribution < -0.4 is 0 Å². The van der Waals surface area contributed by atoms with Gasteiger partial charge in [0, 0.05) is 20.0 Å². The van der Waals surface area contributed by atoms with Crippen molar-refractivity contribution >= 4 is 23.3 Å².